The second-order valence-corrected chi connectivity index (χ2v) is 8.82. The summed E-state index contributed by atoms with van der Waals surface area (Å²) in [7, 11) is 0. The number of rotatable bonds is 9. The van der Waals surface area contributed by atoms with Crippen LogP contribution in [0.4, 0.5) is 23.1 Å². The summed E-state index contributed by atoms with van der Waals surface area (Å²) >= 11 is 0. The summed E-state index contributed by atoms with van der Waals surface area (Å²) in [4.78, 5) is 54.1. The Morgan fingerprint density at radius 3 is 2.33 bits per heavy atom. The van der Waals surface area contributed by atoms with Gasteiger partial charge in [0, 0.05) is 30.8 Å². The van der Waals surface area contributed by atoms with Crippen molar-refractivity contribution < 1.29 is 24.6 Å². The van der Waals surface area contributed by atoms with Crippen molar-refractivity contribution in [3.8, 4) is 0 Å². The van der Waals surface area contributed by atoms with Gasteiger partial charge in [0.1, 0.15) is 11.7 Å². The molecule has 1 aromatic heterocycles. The van der Waals surface area contributed by atoms with Gasteiger partial charge in [0.05, 0.1) is 6.04 Å². The van der Waals surface area contributed by atoms with Crippen LogP contribution in [0.25, 0.3) is 0 Å². The fourth-order valence-electron chi connectivity index (χ4n) is 4.25. The zero-order valence-corrected chi connectivity index (χ0v) is 20.5. The number of amides is 1. The third-order valence-corrected chi connectivity index (χ3v) is 6.43. The quantitative estimate of drug-likeness (QED) is 0.242. The minimum absolute atomic E-state index is 0.0301. The molecule has 13 heteroatoms. The van der Waals surface area contributed by atoms with Gasteiger partial charge in [-0.25, -0.2) is 4.79 Å². The van der Waals surface area contributed by atoms with E-state index in [2.05, 4.69) is 31.2 Å². The van der Waals surface area contributed by atoms with Crippen LogP contribution in [-0.2, 0) is 9.59 Å². The zero-order valence-electron chi connectivity index (χ0n) is 20.5. The van der Waals surface area contributed by atoms with Gasteiger partial charge < -0.3 is 37.2 Å². The first-order valence-corrected chi connectivity index (χ1v) is 11.4. The van der Waals surface area contributed by atoms with Crippen LogP contribution in [-0.4, -0.2) is 63.2 Å². The molecule has 3 rings (SSSR count). The lowest BCUT2D eigenvalue weighted by atomic mass is 9.91. The first-order chi connectivity index (χ1) is 16.9. The lowest BCUT2D eigenvalue weighted by Gasteiger charge is -2.28. The topological polar surface area (TPSA) is 212 Å². The highest BCUT2D eigenvalue weighted by Crippen LogP contribution is 2.31. The van der Waals surface area contributed by atoms with Crippen molar-refractivity contribution in [2.45, 2.75) is 52.6 Å². The molecule has 1 aliphatic heterocycles. The number of hydrogen-bond acceptors (Lipinski definition) is 9. The van der Waals surface area contributed by atoms with Crippen molar-refractivity contribution in [1.29, 1.82) is 0 Å². The first-order valence-electron chi connectivity index (χ1n) is 11.4. The lowest BCUT2D eigenvalue weighted by Crippen LogP contribution is -2.42. The number of carbonyl (C=O) groups excluding carboxylic acids is 1. The van der Waals surface area contributed by atoms with E-state index in [0.29, 0.717) is 41.3 Å². The smallest absolute Gasteiger partial charge is 0.326 e. The molecule has 0 saturated heterocycles. The first kappa shape index (κ1) is 26.3. The van der Waals surface area contributed by atoms with Crippen molar-refractivity contribution in [2.24, 2.45) is 0 Å². The molecule has 0 spiro atoms. The van der Waals surface area contributed by atoms with Crippen molar-refractivity contribution in [2.75, 3.05) is 34.8 Å². The molecule has 36 heavy (non-hydrogen) atoms. The SMILES string of the molecule is Cc1c(C)c(C(=O)N[C@@H](CCC(=O)O)C(=O)O)c(C)c(C)c1NCC1CNc2nc(N)[nH]c(=O)c2N1. The fraction of sp³-hybridized carbons (Fsp3) is 0.435. The zero-order chi connectivity index (χ0) is 26.7. The number of carboxylic acids is 2. The number of carboxylic acid groups (broad SMARTS) is 2. The Bertz CT molecular complexity index is 1240. The average molecular weight is 502 g/mol. The number of carbonyl (C=O) groups is 3. The van der Waals surface area contributed by atoms with Gasteiger partial charge in [0.2, 0.25) is 5.95 Å². The van der Waals surface area contributed by atoms with Crippen LogP contribution in [0.5, 0.6) is 0 Å². The second-order valence-electron chi connectivity index (χ2n) is 8.82. The van der Waals surface area contributed by atoms with Gasteiger partial charge in [0.25, 0.3) is 11.5 Å². The number of benzene rings is 1. The summed E-state index contributed by atoms with van der Waals surface area (Å²) < 4.78 is 0. The van der Waals surface area contributed by atoms with Gasteiger partial charge in [-0.2, -0.15) is 4.98 Å². The van der Waals surface area contributed by atoms with Gasteiger partial charge in [0.15, 0.2) is 5.82 Å². The van der Waals surface area contributed by atoms with E-state index in [1.54, 1.807) is 13.8 Å². The van der Waals surface area contributed by atoms with Crippen LogP contribution in [0, 0.1) is 27.7 Å². The molecule has 0 fully saturated rings. The molecule has 1 aliphatic rings. The number of nitrogens with two attached hydrogens (primary N) is 1. The molecule has 0 aliphatic carbocycles. The van der Waals surface area contributed by atoms with Crippen LogP contribution in [0.15, 0.2) is 4.79 Å². The maximum absolute atomic E-state index is 13.0. The number of H-pyrrole nitrogens is 1. The molecule has 1 amide bonds. The number of aromatic amines is 1. The largest absolute Gasteiger partial charge is 0.481 e. The average Bonchev–Trinajstić information content (AvgIpc) is 2.80. The number of nitrogens with zero attached hydrogens (tertiary/aromatic N) is 1. The third-order valence-electron chi connectivity index (χ3n) is 6.43. The summed E-state index contributed by atoms with van der Waals surface area (Å²) in [6, 6.07) is -1.46. The molecule has 13 nitrogen and oxygen atoms in total. The van der Waals surface area contributed by atoms with Crippen LogP contribution in [0.1, 0.15) is 45.5 Å². The van der Waals surface area contributed by atoms with Crippen molar-refractivity contribution in [3.63, 3.8) is 0 Å². The van der Waals surface area contributed by atoms with E-state index in [4.69, 9.17) is 10.8 Å². The van der Waals surface area contributed by atoms with Gasteiger partial charge >= 0.3 is 11.9 Å². The van der Waals surface area contributed by atoms with Gasteiger partial charge in [-0.05, 0) is 56.4 Å². The summed E-state index contributed by atoms with van der Waals surface area (Å²) in [5, 5.41) is 30.4. The molecule has 2 atom stereocenters. The molecule has 1 aromatic carbocycles. The normalized spacial score (nSPS) is 15.2. The maximum atomic E-state index is 13.0. The van der Waals surface area contributed by atoms with Crippen LogP contribution in [0.2, 0.25) is 0 Å². The van der Waals surface area contributed by atoms with Crippen LogP contribution >= 0.6 is 0 Å². The Morgan fingerprint density at radius 2 is 1.75 bits per heavy atom. The van der Waals surface area contributed by atoms with E-state index >= 15 is 0 Å². The molecule has 2 heterocycles. The lowest BCUT2D eigenvalue weighted by molar-refractivity contribution is -0.140. The number of aromatic nitrogens is 2. The summed E-state index contributed by atoms with van der Waals surface area (Å²) in [5.74, 6) is -2.58. The van der Waals surface area contributed by atoms with Gasteiger partial charge in [-0.3, -0.25) is 19.4 Å². The molecule has 0 saturated carbocycles. The molecule has 2 aromatic rings. The molecule has 9 N–H and O–H groups in total. The highest BCUT2D eigenvalue weighted by molar-refractivity contribution is 6.00. The van der Waals surface area contributed by atoms with Gasteiger partial charge in [-0.15, -0.1) is 0 Å². The number of aliphatic carboxylic acids is 2. The third kappa shape index (κ3) is 5.50. The standard InChI is InChI=1S/C23H31N7O6/c1-9-11(3)17(25-7-13-8-26-19-18(27-13)21(34)30-23(24)29-19)12(4)10(2)16(9)20(33)28-14(22(35)36)5-6-15(31)32/h13-14,25,27H,5-8H2,1-4H3,(H,28,33)(H,31,32)(H,35,36)(H4,24,26,29,30,34)/t13?,14-/m0/s1. The highest BCUT2D eigenvalue weighted by Gasteiger charge is 2.26. The molecular formula is C23H31N7O6. The summed E-state index contributed by atoms with van der Waals surface area (Å²) in [5.41, 5.74) is 9.71. The molecular weight excluding hydrogens is 470 g/mol. The van der Waals surface area contributed by atoms with E-state index in [-0.39, 0.29) is 30.4 Å². The summed E-state index contributed by atoms with van der Waals surface area (Å²) in [6.07, 6.45) is -0.595. The van der Waals surface area contributed by atoms with E-state index in [1.165, 1.54) is 0 Å². The van der Waals surface area contributed by atoms with E-state index in [0.717, 1.165) is 16.8 Å². The Labute approximate surface area is 206 Å². The molecule has 0 radical (unpaired) electrons. The maximum Gasteiger partial charge on any atom is 0.326 e. The minimum atomic E-state index is -1.31. The molecule has 1 unspecified atom stereocenters. The second kappa shape index (κ2) is 10.5. The van der Waals surface area contributed by atoms with Crippen LogP contribution < -0.4 is 32.6 Å². The predicted octanol–water partition coefficient (Wildman–Crippen LogP) is 0.952. The van der Waals surface area contributed by atoms with E-state index in [9.17, 15) is 24.3 Å². The number of nitrogen functional groups attached to an aromatic ring is 1. The number of fused-ring (bicyclic) bond motifs is 1. The number of nitrogens with one attached hydrogen (secondary N) is 5. The Kier molecular flexibility index (Phi) is 7.71. The number of anilines is 4. The van der Waals surface area contributed by atoms with Crippen LogP contribution in [0.3, 0.4) is 0 Å². The predicted molar refractivity (Wildman–Crippen MR) is 135 cm³/mol. The fourth-order valence-corrected chi connectivity index (χ4v) is 4.25. The highest BCUT2D eigenvalue weighted by atomic mass is 16.4. The monoisotopic (exact) mass is 501 g/mol. The van der Waals surface area contributed by atoms with Crippen molar-refractivity contribution >= 4 is 41.0 Å². The van der Waals surface area contributed by atoms with Crippen molar-refractivity contribution in [3.05, 3.63) is 38.2 Å². The Morgan fingerprint density at radius 1 is 1.11 bits per heavy atom. The molecule has 0 bridgehead atoms. The number of hydrogen-bond donors (Lipinski definition) is 8. The Hall–Kier alpha value is -4.29. The van der Waals surface area contributed by atoms with Crippen molar-refractivity contribution in [1.82, 2.24) is 15.3 Å². The van der Waals surface area contributed by atoms with E-state index in [1.807, 2.05) is 13.8 Å². The van der Waals surface area contributed by atoms with Gasteiger partial charge in [-0.1, -0.05) is 0 Å². The Balaban J connectivity index is 1.78. The van der Waals surface area contributed by atoms with E-state index < -0.39 is 23.9 Å². The summed E-state index contributed by atoms with van der Waals surface area (Å²) in [6.45, 7) is 8.23. The minimum Gasteiger partial charge on any atom is -0.481 e. The molecule has 194 valence electrons.